The van der Waals surface area contributed by atoms with Gasteiger partial charge < -0.3 is 20.0 Å². The molecule has 8 heteroatoms. The molecule has 2 aliphatic heterocycles. The number of nitrogens with zero attached hydrogens (tertiary/aromatic N) is 3. The van der Waals surface area contributed by atoms with Crippen LogP contribution in [-0.4, -0.2) is 66.8 Å². The molecule has 0 radical (unpaired) electrons. The number of benzene rings is 2. The van der Waals surface area contributed by atoms with E-state index in [4.69, 9.17) is 0 Å². The first-order valence-corrected chi connectivity index (χ1v) is 14.3. The van der Waals surface area contributed by atoms with Gasteiger partial charge in [-0.1, -0.05) is 43.3 Å². The summed E-state index contributed by atoms with van der Waals surface area (Å²) in [6.45, 7) is 6.08. The average Bonchev–Trinajstić information content (AvgIpc) is 3.69. The molecule has 3 heterocycles. The second-order valence-electron chi connectivity index (χ2n) is 9.85. The molecule has 38 heavy (non-hydrogen) atoms. The SMILES string of the molecule is CCC(C(=O)N1CCN(c2ccc(NC(=O)c3cccs3)cc2C(=O)N2CCCC2)CC1)c1ccccc1. The highest BCUT2D eigenvalue weighted by atomic mass is 32.1. The molecule has 1 unspecified atom stereocenters. The lowest BCUT2D eigenvalue weighted by Crippen LogP contribution is -2.50. The van der Waals surface area contributed by atoms with Gasteiger partial charge in [-0.15, -0.1) is 11.3 Å². The molecule has 0 spiro atoms. The molecule has 198 valence electrons. The van der Waals surface area contributed by atoms with E-state index in [9.17, 15) is 14.4 Å². The van der Waals surface area contributed by atoms with Gasteiger partial charge in [0.25, 0.3) is 11.8 Å². The van der Waals surface area contributed by atoms with E-state index in [0.29, 0.717) is 42.3 Å². The Kier molecular flexibility index (Phi) is 8.08. The summed E-state index contributed by atoms with van der Waals surface area (Å²) in [7, 11) is 0. The lowest BCUT2D eigenvalue weighted by Gasteiger charge is -2.38. The minimum absolute atomic E-state index is 0.00152. The number of anilines is 2. The van der Waals surface area contributed by atoms with Crippen LogP contribution in [0.1, 0.15) is 57.7 Å². The van der Waals surface area contributed by atoms with Gasteiger partial charge in [0.05, 0.1) is 16.4 Å². The van der Waals surface area contributed by atoms with Gasteiger partial charge in [-0.3, -0.25) is 14.4 Å². The Bertz CT molecular complexity index is 1260. The minimum atomic E-state index is -0.177. The van der Waals surface area contributed by atoms with Crippen LogP contribution in [0, 0.1) is 0 Å². The third-order valence-electron chi connectivity index (χ3n) is 7.46. The van der Waals surface area contributed by atoms with Crippen molar-refractivity contribution in [1.29, 1.82) is 0 Å². The second-order valence-corrected chi connectivity index (χ2v) is 10.8. The van der Waals surface area contributed by atoms with Crippen molar-refractivity contribution in [2.24, 2.45) is 0 Å². The number of hydrogen-bond donors (Lipinski definition) is 1. The maximum atomic E-state index is 13.6. The predicted octanol–water partition coefficient (Wildman–Crippen LogP) is 5.08. The maximum absolute atomic E-state index is 13.6. The summed E-state index contributed by atoms with van der Waals surface area (Å²) >= 11 is 1.38. The number of piperazine rings is 1. The Balaban J connectivity index is 1.33. The zero-order valence-electron chi connectivity index (χ0n) is 21.8. The summed E-state index contributed by atoms with van der Waals surface area (Å²) in [5, 5.41) is 4.81. The highest BCUT2D eigenvalue weighted by Gasteiger charge is 2.30. The fourth-order valence-corrected chi connectivity index (χ4v) is 6.00. The van der Waals surface area contributed by atoms with Crippen LogP contribution in [0.4, 0.5) is 11.4 Å². The first-order chi connectivity index (χ1) is 18.5. The number of thiophene rings is 1. The Morgan fingerprint density at radius 3 is 2.26 bits per heavy atom. The Hall–Kier alpha value is -3.65. The number of carbonyl (C=O) groups is 3. The van der Waals surface area contributed by atoms with Gasteiger partial charge in [0.2, 0.25) is 5.91 Å². The molecule has 0 aliphatic carbocycles. The van der Waals surface area contributed by atoms with E-state index < -0.39 is 0 Å². The van der Waals surface area contributed by atoms with Crippen LogP contribution in [0.5, 0.6) is 0 Å². The molecule has 2 aromatic carbocycles. The van der Waals surface area contributed by atoms with Crippen molar-refractivity contribution >= 4 is 40.4 Å². The highest BCUT2D eigenvalue weighted by molar-refractivity contribution is 7.12. The van der Waals surface area contributed by atoms with Gasteiger partial charge in [-0.2, -0.15) is 0 Å². The molecule has 1 N–H and O–H groups in total. The van der Waals surface area contributed by atoms with Gasteiger partial charge in [0.15, 0.2) is 0 Å². The minimum Gasteiger partial charge on any atom is -0.367 e. The molecule has 3 amide bonds. The predicted molar refractivity (Wildman–Crippen MR) is 152 cm³/mol. The summed E-state index contributed by atoms with van der Waals surface area (Å²) in [5.74, 6) is -0.152. The summed E-state index contributed by atoms with van der Waals surface area (Å²) in [6, 6.07) is 19.2. The fourth-order valence-electron chi connectivity index (χ4n) is 5.38. The van der Waals surface area contributed by atoms with Gasteiger partial charge in [0.1, 0.15) is 0 Å². The molecule has 2 fully saturated rings. The van der Waals surface area contributed by atoms with E-state index in [2.05, 4.69) is 17.1 Å². The van der Waals surface area contributed by atoms with Crippen molar-refractivity contribution in [2.45, 2.75) is 32.1 Å². The molecule has 2 aliphatic rings. The number of rotatable bonds is 7. The van der Waals surface area contributed by atoms with Gasteiger partial charge >= 0.3 is 0 Å². The molecule has 0 saturated carbocycles. The molecule has 1 aromatic heterocycles. The van der Waals surface area contributed by atoms with E-state index in [-0.39, 0.29) is 23.6 Å². The van der Waals surface area contributed by atoms with Crippen molar-refractivity contribution in [3.8, 4) is 0 Å². The molecular weight excluding hydrogens is 496 g/mol. The van der Waals surface area contributed by atoms with Crippen LogP contribution in [0.15, 0.2) is 66.0 Å². The number of amides is 3. The summed E-state index contributed by atoms with van der Waals surface area (Å²) < 4.78 is 0. The van der Waals surface area contributed by atoms with E-state index in [1.807, 2.05) is 69.8 Å². The molecule has 5 rings (SSSR count). The average molecular weight is 531 g/mol. The molecular formula is C30H34N4O3S. The van der Waals surface area contributed by atoms with Gasteiger partial charge in [-0.05, 0) is 54.5 Å². The summed E-state index contributed by atoms with van der Waals surface area (Å²) in [4.78, 5) is 46.2. The van der Waals surface area contributed by atoms with Crippen molar-refractivity contribution in [1.82, 2.24) is 9.80 Å². The summed E-state index contributed by atoms with van der Waals surface area (Å²) in [6.07, 6.45) is 2.78. The van der Waals surface area contributed by atoms with E-state index in [1.165, 1.54) is 11.3 Å². The third kappa shape index (κ3) is 5.60. The molecule has 0 bridgehead atoms. The molecule has 7 nitrogen and oxygen atoms in total. The zero-order valence-corrected chi connectivity index (χ0v) is 22.6. The fraction of sp³-hybridized carbons (Fsp3) is 0.367. The molecule has 1 atom stereocenters. The van der Waals surface area contributed by atoms with Gasteiger partial charge in [-0.25, -0.2) is 0 Å². The first kappa shape index (κ1) is 26.0. The standard InChI is InChI=1S/C30H34N4O3S/c1-2-24(22-9-4-3-5-10-22)29(36)34-18-16-32(17-19-34)26-13-12-23(31-28(35)27-11-8-20-38-27)21-25(26)30(37)33-14-6-7-15-33/h3-5,8-13,20-21,24H,2,6-7,14-19H2,1H3,(H,31,35). The van der Waals surface area contributed by atoms with E-state index in [1.54, 1.807) is 6.07 Å². The molecule has 3 aromatic rings. The summed E-state index contributed by atoms with van der Waals surface area (Å²) in [5.41, 5.74) is 3.13. The van der Waals surface area contributed by atoms with Crippen molar-refractivity contribution < 1.29 is 14.4 Å². The smallest absolute Gasteiger partial charge is 0.265 e. The van der Waals surface area contributed by atoms with Crippen LogP contribution >= 0.6 is 11.3 Å². The Morgan fingerprint density at radius 1 is 0.868 bits per heavy atom. The normalized spacial score (nSPS) is 16.4. The maximum Gasteiger partial charge on any atom is 0.265 e. The number of nitrogens with one attached hydrogen (secondary N) is 1. The Labute approximate surface area is 228 Å². The van der Waals surface area contributed by atoms with Crippen molar-refractivity contribution in [2.75, 3.05) is 49.5 Å². The van der Waals surface area contributed by atoms with E-state index in [0.717, 1.165) is 43.6 Å². The quantitative estimate of drug-likeness (QED) is 0.463. The van der Waals surface area contributed by atoms with Crippen LogP contribution in [0.25, 0.3) is 0 Å². The number of likely N-dealkylation sites (tertiary alicyclic amines) is 1. The molecule has 2 saturated heterocycles. The lowest BCUT2D eigenvalue weighted by atomic mass is 9.94. The topological polar surface area (TPSA) is 73.0 Å². The zero-order chi connectivity index (χ0) is 26.5. The van der Waals surface area contributed by atoms with E-state index >= 15 is 0 Å². The van der Waals surface area contributed by atoms with Gasteiger partial charge in [0, 0.05) is 50.6 Å². The largest absolute Gasteiger partial charge is 0.367 e. The van der Waals surface area contributed by atoms with Crippen LogP contribution in [0.3, 0.4) is 0 Å². The third-order valence-corrected chi connectivity index (χ3v) is 8.33. The van der Waals surface area contributed by atoms with Crippen LogP contribution < -0.4 is 10.2 Å². The van der Waals surface area contributed by atoms with Crippen LogP contribution in [0.2, 0.25) is 0 Å². The Morgan fingerprint density at radius 2 is 1.61 bits per heavy atom. The number of carbonyl (C=O) groups excluding carboxylic acids is 3. The highest BCUT2D eigenvalue weighted by Crippen LogP contribution is 2.30. The number of hydrogen-bond acceptors (Lipinski definition) is 5. The first-order valence-electron chi connectivity index (χ1n) is 13.4. The van der Waals surface area contributed by atoms with Crippen molar-refractivity contribution in [3.63, 3.8) is 0 Å². The lowest BCUT2D eigenvalue weighted by molar-refractivity contribution is -0.133. The monoisotopic (exact) mass is 530 g/mol. The van der Waals surface area contributed by atoms with Crippen LogP contribution in [-0.2, 0) is 4.79 Å². The second kappa shape index (κ2) is 11.8. The van der Waals surface area contributed by atoms with Crippen molar-refractivity contribution in [3.05, 3.63) is 82.0 Å².